The molecule has 0 unspecified atom stereocenters. The molecule has 6 heteroatoms. The van der Waals surface area contributed by atoms with Gasteiger partial charge < -0.3 is 4.74 Å². The Morgan fingerprint density at radius 2 is 2.33 bits per heavy atom. The summed E-state index contributed by atoms with van der Waals surface area (Å²) in [6.07, 6.45) is -2.03. The number of aromatic nitrogens is 1. The third-order valence-corrected chi connectivity index (χ3v) is 1.69. The predicted molar refractivity (Wildman–Crippen MR) is 45.2 cm³/mol. The van der Waals surface area contributed by atoms with Gasteiger partial charge in [0.2, 0.25) is 0 Å². The topological polar surface area (TPSA) is 63.0 Å². The van der Waals surface area contributed by atoms with E-state index in [0.29, 0.717) is 0 Å². The Hall–Kier alpha value is -2.03. The number of halogens is 2. The Kier molecular flexibility index (Phi) is 3.29. The Bertz CT molecular complexity index is 427. The molecule has 15 heavy (non-hydrogen) atoms. The molecule has 1 heterocycles. The quantitative estimate of drug-likeness (QED) is 0.699. The molecule has 0 bridgehead atoms. The Morgan fingerprint density at radius 1 is 1.67 bits per heavy atom. The summed E-state index contributed by atoms with van der Waals surface area (Å²) in [5.74, 6) is -0.913. The van der Waals surface area contributed by atoms with Crippen molar-refractivity contribution in [3.8, 4) is 6.07 Å². The number of methoxy groups -OCH3 is 1. The van der Waals surface area contributed by atoms with Crippen LogP contribution in [0.1, 0.15) is 28.0 Å². The fourth-order valence-electron chi connectivity index (χ4n) is 0.988. The monoisotopic (exact) mass is 212 g/mol. The first-order valence-electron chi connectivity index (χ1n) is 3.86. The van der Waals surface area contributed by atoms with Crippen molar-refractivity contribution in [2.24, 2.45) is 0 Å². The van der Waals surface area contributed by atoms with E-state index >= 15 is 0 Å². The number of carbonyl (C=O) groups is 1. The van der Waals surface area contributed by atoms with Crippen LogP contribution in [-0.4, -0.2) is 18.1 Å². The van der Waals surface area contributed by atoms with Crippen molar-refractivity contribution in [3.05, 3.63) is 29.1 Å². The first kappa shape index (κ1) is 11.0. The van der Waals surface area contributed by atoms with Crippen molar-refractivity contribution in [2.45, 2.75) is 6.43 Å². The van der Waals surface area contributed by atoms with Crippen LogP contribution >= 0.6 is 0 Å². The zero-order valence-electron chi connectivity index (χ0n) is 7.70. The van der Waals surface area contributed by atoms with Gasteiger partial charge in [-0.05, 0) is 6.07 Å². The van der Waals surface area contributed by atoms with Crippen LogP contribution in [0.2, 0.25) is 0 Å². The molecule has 0 N–H and O–H groups in total. The van der Waals surface area contributed by atoms with Crippen LogP contribution in [0.3, 0.4) is 0 Å². The lowest BCUT2D eigenvalue weighted by Crippen LogP contribution is -2.07. The van der Waals surface area contributed by atoms with Crippen LogP contribution in [0, 0.1) is 11.3 Å². The van der Waals surface area contributed by atoms with E-state index in [1.54, 1.807) is 6.07 Å². The van der Waals surface area contributed by atoms with Gasteiger partial charge in [-0.2, -0.15) is 5.26 Å². The molecule has 1 aromatic rings. The summed E-state index contributed by atoms with van der Waals surface area (Å²) in [6.45, 7) is 0. The predicted octanol–water partition coefficient (Wildman–Crippen LogP) is 1.68. The summed E-state index contributed by atoms with van der Waals surface area (Å²) in [4.78, 5) is 14.6. The fourth-order valence-corrected chi connectivity index (χ4v) is 0.988. The van der Waals surface area contributed by atoms with E-state index in [4.69, 9.17) is 5.26 Å². The second kappa shape index (κ2) is 4.46. The van der Waals surface area contributed by atoms with Gasteiger partial charge in [0, 0.05) is 6.20 Å². The van der Waals surface area contributed by atoms with Crippen molar-refractivity contribution in [1.82, 2.24) is 4.98 Å². The fraction of sp³-hybridized carbons (Fsp3) is 0.222. The van der Waals surface area contributed by atoms with Crippen LogP contribution in [0.15, 0.2) is 12.3 Å². The van der Waals surface area contributed by atoms with E-state index in [9.17, 15) is 13.6 Å². The van der Waals surface area contributed by atoms with Crippen LogP contribution < -0.4 is 0 Å². The van der Waals surface area contributed by atoms with Crippen LogP contribution in [0.25, 0.3) is 0 Å². The summed E-state index contributed by atoms with van der Waals surface area (Å²) >= 11 is 0. The first-order chi connectivity index (χ1) is 7.10. The standard InChI is InChI=1S/C9H6F2N2O2/c1-15-9(14)6-2-5(3-12)13-4-7(6)8(10)11/h2,4,8H,1H3. The summed E-state index contributed by atoms with van der Waals surface area (Å²) in [5.41, 5.74) is -0.986. The molecule has 0 atom stereocenters. The number of ether oxygens (including phenoxy) is 1. The number of rotatable bonds is 2. The lowest BCUT2D eigenvalue weighted by Gasteiger charge is -2.05. The molecule has 78 valence electrons. The van der Waals surface area contributed by atoms with Crippen LogP contribution in [0.5, 0.6) is 0 Å². The number of carbonyl (C=O) groups excluding carboxylic acids is 1. The molecule has 0 fully saturated rings. The van der Waals surface area contributed by atoms with Gasteiger partial charge in [-0.1, -0.05) is 0 Å². The molecule has 0 aromatic carbocycles. The van der Waals surface area contributed by atoms with Gasteiger partial charge in [-0.3, -0.25) is 0 Å². The molecule has 1 rings (SSSR count). The molecule has 1 aromatic heterocycles. The van der Waals surface area contributed by atoms with Crippen molar-refractivity contribution < 1.29 is 18.3 Å². The average Bonchev–Trinajstić information content (AvgIpc) is 2.26. The van der Waals surface area contributed by atoms with Gasteiger partial charge in [0.1, 0.15) is 11.8 Å². The Balaban J connectivity index is 3.30. The molecule has 0 aliphatic rings. The molecular weight excluding hydrogens is 206 g/mol. The minimum Gasteiger partial charge on any atom is -0.465 e. The van der Waals surface area contributed by atoms with Gasteiger partial charge in [-0.15, -0.1) is 0 Å². The maximum absolute atomic E-state index is 12.4. The number of nitriles is 1. The third kappa shape index (κ3) is 2.26. The van der Waals surface area contributed by atoms with E-state index in [2.05, 4.69) is 9.72 Å². The third-order valence-electron chi connectivity index (χ3n) is 1.69. The van der Waals surface area contributed by atoms with Crippen LogP contribution in [-0.2, 0) is 4.74 Å². The van der Waals surface area contributed by atoms with E-state index in [0.717, 1.165) is 19.4 Å². The molecule has 0 saturated carbocycles. The molecule has 0 amide bonds. The summed E-state index contributed by atoms with van der Waals surface area (Å²) in [7, 11) is 1.07. The maximum Gasteiger partial charge on any atom is 0.338 e. The molecular formula is C9H6F2N2O2. The molecule has 0 saturated heterocycles. The van der Waals surface area contributed by atoms with Crippen molar-refractivity contribution in [2.75, 3.05) is 7.11 Å². The molecule has 0 aliphatic carbocycles. The zero-order valence-corrected chi connectivity index (χ0v) is 7.70. The largest absolute Gasteiger partial charge is 0.465 e. The zero-order chi connectivity index (χ0) is 11.4. The van der Waals surface area contributed by atoms with E-state index in [1.807, 2.05) is 0 Å². The number of hydrogen-bond donors (Lipinski definition) is 0. The normalized spacial score (nSPS) is 9.80. The second-order valence-electron chi connectivity index (χ2n) is 2.56. The minimum absolute atomic E-state index is 0.111. The Labute approximate surface area is 84.1 Å². The number of pyridine rings is 1. The lowest BCUT2D eigenvalue weighted by atomic mass is 10.1. The number of nitrogens with zero attached hydrogens (tertiary/aromatic N) is 2. The number of hydrogen-bond acceptors (Lipinski definition) is 4. The number of alkyl halides is 2. The van der Waals surface area contributed by atoms with Crippen LogP contribution in [0.4, 0.5) is 8.78 Å². The van der Waals surface area contributed by atoms with E-state index < -0.39 is 18.0 Å². The molecule has 0 spiro atoms. The van der Waals surface area contributed by atoms with Gasteiger partial charge in [0.15, 0.2) is 0 Å². The summed E-state index contributed by atoms with van der Waals surface area (Å²) < 4.78 is 29.2. The molecule has 4 nitrogen and oxygen atoms in total. The van der Waals surface area contributed by atoms with Gasteiger partial charge >= 0.3 is 5.97 Å². The molecule has 0 aliphatic heterocycles. The van der Waals surface area contributed by atoms with Gasteiger partial charge in [-0.25, -0.2) is 18.6 Å². The summed E-state index contributed by atoms with van der Waals surface area (Å²) in [5, 5.41) is 8.49. The highest BCUT2D eigenvalue weighted by atomic mass is 19.3. The Morgan fingerprint density at radius 3 is 2.80 bits per heavy atom. The maximum atomic E-state index is 12.4. The highest BCUT2D eigenvalue weighted by Gasteiger charge is 2.20. The number of esters is 1. The smallest absolute Gasteiger partial charge is 0.338 e. The van der Waals surface area contributed by atoms with Gasteiger partial charge in [0.25, 0.3) is 6.43 Å². The lowest BCUT2D eigenvalue weighted by molar-refractivity contribution is 0.0589. The average molecular weight is 212 g/mol. The van der Waals surface area contributed by atoms with Crippen molar-refractivity contribution >= 4 is 5.97 Å². The second-order valence-corrected chi connectivity index (χ2v) is 2.56. The van der Waals surface area contributed by atoms with Gasteiger partial charge in [0.05, 0.1) is 18.2 Å². The van der Waals surface area contributed by atoms with Crippen molar-refractivity contribution in [3.63, 3.8) is 0 Å². The highest BCUT2D eigenvalue weighted by molar-refractivity contribution is 5.91. The highest BCUT2D eigenvalue weighted by Crippen LogP contribution is 2.23. The van der Waals surface area contributed by atoms with Crippen molar-refractivity contribution in [1.29, 1.82) is 5.26 Å². The first-order valence-corrected chi connectivity index (χ1v) is 3.86. The SMILES string of the molecule is COC(=O)c1cc(C#N)ncc1C(F)F. The minimum atomic E-state index is -2.83. The summed E-state index contributed by atoms with van der Waals surface area (Å²) in [6, 6.07) is 2.63. The van der Waals surface area contributed by atoms with E-state index in [1.165, 1.54) is 0 Å². The molecule has 0 radical (unpaired) electrons. The van der Waals surface area contributed by atoms with E-state index in [-0.39, 0.29) is 11.3 Å².